The van der Waals surface area contributed by atoms with E-state index in [2.05, 4.69) is 125 Å². The number of benzene rings is 2. The summed E-state index contributed by atoms with van der Waals surface area (Å²) in [5, 5.41) is 0. The van der Waals surface area contributed by atoms with Crippen molar-refractivity contribution in [2.75, 3.05) is 41.4 Å². The molecule has 0 aromatic heterocycles. The molecule has 4 nitrogen and oxygen atoms in total. The van der Waals surface area contributed by atoms with Crippen molar-refractivity contribution in [1.29, 1.82) is 0 Å². The van der Waals surface area contributed by atoms with Gasteiger partial charge in [-0.15, -0.1) is 0 Å². The molecule has 2 aromatic rings. The molecule has 262 valence electrons. The maximum atomic E-state index is 5.93. The predicted molar refractivity (Wildman–Crippen MR) is 198 cm³/mol. The Labute approximate surface area is 329 Å². The van der Waals surface area contributed by atoms with Gasteiger partial charge in [-0.1, -0.05) is 60.7 Å². The molecule has 20 radical (unpaired) electrons. The smallest absolute Gasteiger partial charge is 0.375 e. The molecule has 4 atom stereocenters. The third-order valence-electron chi connectivity index (χ3n) is 9.08. The van der Waals surface area contributed by atoms with Crippen LogP contribution in [0, 0.1) is 126 Å². The van der Waals surface area contributed by atoms with Crippen molar-refractivity contribution in [2.45, 2.75) is 38.1 Å². The van der Waals surface area contributed by atoms with Crippen LogP contribution in [-0.2, 0) is 43.6 Å². The predicted octanol–water partition coefficient (Wildman–Crippen LogP) is 7.99. The zero-order valence-corrected chi connectivity index (χ0v) is 32.4. The van der Waals surface area contributed by atoms with Crippen molar-refractivity contribution in [2.24, 2.45) is 0 Å². The number of ether oxygens (including phenoxy) is 2. The molecule has 4 fully saturated rings. The maximum Gasteiger partial charge on any atom is 2.00 e. The Morgan fingerprint density at radius 1 is 0.460 bits per heavy atom. The van der Waals surface area contributed by atoms with Crippen LogP contribution in [0.3, 0.4) is 0 Å². The van der Waals surface area contributed by atoms with Gasteiger partial charge in [-0.3, -0.25) is 0 Å². The van der Waals surface area contributed by atoms with E-state index < -0.39 is 0 Å². The maximum absolute atomic E-state index is 5.93. The van der Waals surface area contributed by atoms with Gasteiger partial charge in [0.05, 0.1) is 12.2 Å². The van der Waals surface area contributed by atoms with Crippen molar-refractivity contribution in [3.8, 4) is 0 Å². The molecule has 0 aliphatic heterocycles. The van der Waals surface area contributed by atoms with Crippen LogP contribution in [0.1, 0.15) is 37.2 Å². The molecular formula is C44H52Fe2N2O2+4. The second-order valence-electron chi connectivity index (χ2n) is 12.3. The van der Waals surface area contributed by atoms with Crippen LogP contribution in [0.2, 0.25) is 0 Å². The Kier molecular flexibility index (Phi) is 23.1. The van der Waals surface area contributed by atoms with Gasteiger partial charge in [0.2, 0.25) is 0 Å². The van der Waals surface area contributed by atoms with Crippen molar-refractivity contribution >= 4 is 0 Å². The molecule has 4 saturated carbocycles. The average molecular weight is 753 g/mol. The van der Waals surface area contributed by atoms with E-state index in [-0.39, 0.29) is 58.4 Å². The molecule has 0 heterocycles. The molecule has 4 aliphatic carbocycles. The summed E-state index contributed by atoms with van der Waals surface area (Å²) in [4.78, 5) is 4.78. The van der Waals surface area contributed by atoms with Gasteiger partial charge in [0.25, 0.3) is 0 Å². The first-order valence-corrected chi connectivity index (χ1v) is 16.8. The first kappa shape index (κ1) is 45.5. The van der Waals surface area contributed by atoms with Crippen LogP contribution in [-0.4, -0.2) is 63.3 Å². The molecular weight excluding hydrogens is 700 g/mol. The SMILES string of the molecule is CO[C@H](c1ccccc1)[C@H](C)N(C)C[C]1[CH][CH][CH][C]1[C]1[CH][CH][CH][C]1CN(C)[C@@H](C)[C@H](OC)c1ccccc1.[CH]1[CH][CH][CH][CH]1.[CH]1[CH][CH][CH][CH]1.[Fe+2].[Fe+2]. The van der Waals surface area contributed by atoms with E-state index in [0.717, 1.165) is 13.1 Å². The second-order valence-corrected chi connectivity index (χ2v) is 12.3. The molecule has 4 aliphatic rings. The molecule has 6 heteroatoms. The molecule has 50 heavy (non-hydrogen) atoms. The number of likely N-dealkylation sites (N-methyl/N-ethyl adjacent to an activating group) is 2. The van der Waals surface area contributed by atoms with E-state index in [1.807, 2.05) is 76.3 Å². The van der Waals surface area contributed by atoms with E-state index >= 15 is 0 Å². The zero-order valence-electron chi connectivity index (χ0n) is 30.2. The molecule has 6 rings (SSSR count). The van der Waals surface area contributed by atoms with Gasteiger partial charge in [0, 0.05) is 51.2 Å². The summed E-state index contributed by atoms with van der Waals surface area (Å²) in [5.41, 5.74) is 2.41. The van der Waals surface area contributed by atoms with Crippen molar-refractivity contribution < 1.29 is 43.6 Å². The molecule has 0 unspecified atom stereocenters. The van der Waals surface area contributed by atoms with Crippen LogP contribution in [0.15, 0.2) is 60.7 Å². The average Bonchev–Trinajstić information content (AvgIpc) is 3.96. The van der Waals surface area contributed by atoms with Gasteiger partial charge in [0.15, 0.2) is 0 Å². The van der Waals surface area contributed by atoms with E-state index in [1.165, 1.54) is 34.8 Å². The van der Waals surface area contributed by atoms with Crippen LogP contribution >= 0.6 is 0 Å². The fourth-order valence-electron chi connectivity index (χ4n) is 6.15. The monoisotopic (exact) mass is 752 g/mol. The Hall–Kier alpha value is -0.681. The van der Waals surface area contributed by atoms with Crippen molar-refractivity contribution in [1.82, 2.24) is 9.80 Å². The number of hydrogen-bond donors (Lipinski definition) is 0. The van der Waals surface area contributed by atoms with E-state index in [1.54, 1.807) is 14.2 Å². The Morgan fingerprint density at radius 2 is 0.760 bits per heavy atom. The third kappa shape index (κ3) is 13.9. The summed E-state index contributed by atoms with van der Waals surface area (Å²) < 4.78 is 11.9. The molecule has 0 amide bonds. The number of nitrogens with zero attached hydrogens (tertiary/aromatic N) is 2. The fraction of sp³-hybridized carbons (Fsp3) is 0.273. The number of rotatable bonds is 13. The summed E-state index contributed by atoms with van der Waals surface area (Å²) in [5.74, 6) is 5.30. The first-order valence-electron chi connectivity index (χ1n) is 16.8. The van der Waals surface area contributed by atoms with E-state index in [4.69, 9.17) is 9.47 Å². The molecule has 0 N–H and O–H groups in total. The normalized spacial score (nSPS) is 21.0. The summed E-state index contributed by atoms with van der Waals surface area (Å²) >= 11 is 0. The summed E-state index contributed by atoms with van der Waals surface area (Å²) in [6.07, 6.45) is 33.4. The van der Waals surface area contributed by atoms with Gasteiger partial charge >= 0.3 is 34.1 Å². The van der Waals surface area contributed by atoms with Crippen LogP contribution in [0.5, 0.6) is 0 Å². The molecule has 0 spiro atoms. The molecule has 2 aromatic carbocycles. The van der Waals surface area contributed by atoms with Gasteiger partial charge in [-0.05, 0) is 154 Å². The van der Waals surface area contributed by atoms with Crippen LogP contribution in [0.25, 0.3) is 0 Å². The quantitative estimate of drug-likeness (QED) is 0.194. The Morgan fingerprint density at radius 3 is 1.04 bits per heavy atom. The molecule has 0 saturated heterocycles. The van der Waals surface area contributed by atoms with Gasteiger partial charge in [0.1, 0.15) is 0 Å². The minimum absolute atomic E-state index is 0. The van der Waals surface area contributed by atoms with Gasteiger partial charge < -0.3 is 19.3 Å². The van der Waals surface area contributed by atoms with Crippen LogP contribution in [0.4, 0.5) is 0 Å². The minimum atomic E-state index is 0. The van der Waals surface area contributed by atoms with Gasteiger partial charge in [-0.25, -0.2) is 0 Å². The summed E-state index contributed by atoms with van der Waals surface area (Å²) in [7, 11) is 7.98. The third-order valence-corrected chi connectivity index (χ3v) is 9.08. The fourth-order valence-corrected chi connectivity index (χ4v) is 6.15. The number of methoxy groups -OCH3 is 2. The number of hydrogen-bond acceptors (Lipinski definition) is 4. The minimum Gasteiger partial charge on any atom is -0.375 e. The standard InChI is InChI=1S/C34H42N2O2.2C5H5.2Fe/c1-25(33(37-5)27-15-9-7-10-16-27)35(3)23-29-19-13-21-31(29)32-22-14-20-30(32)24-36(4)26(2)34(38-6)28-17-11-8-12-18-28;2*1-2-4-5-3-1;;/h7-22,25-26,33-34H,23-24H2,1-6H3;2*1-5H;;/q;;;2*+2/t25-,26-,33-,34-;;;;/m0..../s1. The van der Waals surface area contributed by atoms with E-state index in [9.17, 15) is 0 Å². The van der Waals surface area contributed by atoms with Crippen molar-refractivity contribution in [3.63, 3.8) is 0 Å². The topological polar surface area (TPSA) is 24.9 Å². The Balaban J connectivity index is 0.000000619. The summed E-state index contributed by atoms with van der Waals surface area (Å²) in [6.45, 7) is 6.19. The first-order chi connectivity index (χ1) is 23.4. The van der Waals surface area contributed by atoms with Gasteiger partial charge in [-0.2, -0.15) is 0 Å². The van der Waals surface area contributed by atoms with Crippen LogP contribution < -0.4 is 0 Å². The largest absolute Gasteiger partial charge is 2.00 e. The van der Waals surface area contributed by atoms with E-state index in [0.29, 0.717) is 0 Å². The molecule has 0 bridgehead atoms. The Bertz CT molecular complexity index is 997. The van der Waals surface area contributed by atoms with Crippen molar-refractivity contribution in [3.05, 3.63) is 198 Å². The second kappa shape index (κ2) is 25.4. The zero-order chi connectivity index (χ0) is 34.1. The summed E-state index contributed by atoms with van der Waals surface area (Å²) in [6, 6.07) is 21.4.